The van der Waals surface area contributed by atoms with Crippen molar-refractivity contribution in [2.75, 3.05) is 5.32 Å². The number of nitrogens with zero attached hydrogens (tertiary/aromatic N) is 4. The maximum atomic E-state index is 12.2. The largest absolute Gasteiger partial charge is 0.346 e. The van der Waals surface area contributed by atoms with Crippen molar-refractivity contribution in [1.82, 2.24) is 24.9 Å². The van der Waals surface area contributed by atoms with Gasteiger partial charge in [-0.3, -0.25) is 19.0 Å². The topological polar surface area (TPSA) is 93.8 Å². The second-order valence-corrected chi connectivity index (χ2v) is 5.86. The van der Waals surface area contributed by atoms with Gasteiger partial charge in [-0.2, -0.15) is 10.2 Å². The van der Waals surface area contributed by atoms with Gasteiger partial charge in [-0.15, -0.1) is 0 Å². The van der Waals surface area contributed by atoms with Gasteiger partial charge in [0.2, 0.25) is 5.91 Å². The molecule has 0 spiro atoms. The van der Waals surface area contributed by atoms with Crippen molar-refractivity contribution < 1.29 is 9.59 Å². The monoisotopic (exact) mass is 316 g/mol. The molecule has 0 saturated heterocycles. The zero-order chi connectivity index (χ0) is 16.6. The van der Waals surface area contributed by atoms with Crippen molar-refractivity contribution >= 4 is 17.6 Å². The fraction of sp³-hybridized carbons (Fsp3) is 0.467. The zero-order valence-corrected chi connectivity index (χ0v) is 13.5. The molecule has 0 aromatic carbocycles. The highest BCUT2D eigenvalue weighted by Gasteiger charge is 2.30. The number of nitrogens with one attached hydrogen (secondary N) is 2. The Morgan fingerprint density at radius 3 is 2.65 bits per heavy atom. The summed E-state index contributed by atoms with van der Waals surface area (Å²) >= 11 is 0. The third-order valence-corrected chi connectivity index (χ3v) is 4.09. The SMILES string of the molecule is Cc1c(CNC(=O)c2cc(NC(=O)C3CC3)n(C)n2)cnn1C. The van der Waals surface area contributed by atoms with Gasteiger partial charge in [0.25, 0.3) is 5.91 Å². The molecule has 1 aliphatic carbocycles. The van der Waals surface area contributed by atoms with Crippen LogP contribution < -0.4 is 10.6 Å². The van der Waals surface area contributed by atoms with Crippen LogP contribution >= 0.6 is 0 Å². The van der Waals surface area contributed by atoms with Gasteiger partial charge in [0, 0.05) is 43.9 Å². The van der Waals surface area contributed by atoms with E-state index in [9.17, 15) is 9.59 Å². The van der Waals surface area contributed by atoms with Crippen molar-refractivity contribution in [3.63, 3.8) is 0 Å². The molecule has 2 aromatic rings. The number of aromatic nitrogens is 4. The van der Waals surface area contributed by atoms with E-state index in [4.69, 9.17) is 0 Å². The summed E-state index contributed by atoms with van der Waals surface area (Å²) in [6.07, 6.45) is 3.60. The molecule has 0 unspecified atom stereocenters. The normalized spacial score (nSPS) is 13.9. The summed E-state index contributed by atoms with van der Waals surface area (Å²) in [5.41, 5.74) is 2.24. The predicted octanol–water partition coefficient (Wildman–Crippen LogP) is 0.741. The van der Waals surface area contributed by atoms with Crippen LogP contribution in [0.2, 0.25) is 0 Å². The Morgan fingerprint density at radius 1 is 1.30 bits per heavy atom. The summed E-state index contributed by atoms with van der Waals surface area (Å²) in [4.78, 5) is 24.0. The van der Waals surface area contributed by atoms with E-state index in [2.05, 4.69) is 20.8 Å². The Bertz CT molecular complexity index is 756. The molecule has 2 heterocycles. The highest BCUT2D eigenvalue weighted by molar-refractivity contribution is 5.96. The Kier molecular flexibility index (Phi) is 3.89. The minimum Gasteiger partial charge on any atom is -0.346 e. The van der Waals surface area contributed by atoms with Crippen LogP contribution in [0.1, 0.15) is 34.6 Å². The number of aryl methyl sites for hydroxylation is 2. The van der Waals surface area contributed by atoms with Crippen LogP contribution in [0, 0.1) is 12.8 Å². The van der Waals surface area contributed by atoms with E-state index in [1.807, 2.05) is 14.0 Å². The lowest BCUT2D eigenvalue weighted by molar-refractivity contribution is -0.117. The smallest absolute Gasteiger partial charge is 0.272 e. The molecule has 0 bridgehead atoms. The standard InChI is InChI=1S/C15H20N6O2/c1-9-11(8-17-20(9)2)7-16-15(23)12-6-13(21(3)19-12)18-14(22)10-4-5-10/h6,8,10H,4-5,7H2,1-3H3,(H,16,23)(H,18,22). The Morgan fingerprint density at radius 2 is 2.04 bits per heavy atom. The first-order valence-corrected chi connectivity index (χ1v) is 7.56. The van der Waals surface area contributed by atoms with Gasteiger partial charge in [0.05, 0.1) is 6.20 Å². The zero-order valence-electron chi connectivity index (χ0n) is 13.5. The molecule has 2 N–H and O–H groups in total. The maximum absolute atomic E-state index is 12.2. The Hall–Kier alpha value is -2.64. The molecule has 122 valence electrons. The van der Waals surface area contributed by atoms with E-state index in [0.717, 1.165) is 24.1 Å². The molecule has 2 aromatic heterocycles. The fourth-order valence-electron chi connectivity index (χ4n) is 2.25. The van der Waals surface area contributed by atoms with Crippen LogP contribution in [-0.4, -0.2) is 31.4 Å². The van der Waals surface area contributed by atoms with Crippen LogP contribution in [-0.2, 0) is 25.4 Å². The maximum Gasteiger partial charge on any atom is 0.272 e. The summed E-state index contributed by atoms with van der Waals surface area (Å²) < 4.78 is 3.26. The number of hydrogen-bond acceptors (Lipinski definition) is 4. The van der Waals surface area contributed by atoms with Gasteiger partial charge in [-0.05, 0) is 19.8 Å². The molecule has 23 heavy (non-hydrogen) atoms. The van der Waals surface area contributed by atoms with Crippen molar-refractivity contribution in [3.05, 3.63) is 29.2 Å². The number of amides is 2. The van der Waals surface area contributed by atoms with Gasteiger partial charge in [0.1, 0.15) is 5.82 Å². The first-order valence-electron chi connectivity index (χ1n) is 7.56. The fourth-order valence-corrected chi connectivity index (χ4v) is 2.25. The number of carbonyl (C=O) groups is 2. The lowest BCUT2D eigenvalue weighted by Gasteiger charge is -2.02. The van der Waals surface area contributed by atoms with E-state index in [1.165, 1.54) is 4.68 Å². The second kappa shape index (κ2) is 5.86. The van der Waals surface area contributed by atoms with Crippen LogP contribution in [0.25, 0.3) is 0 Å². The molecular formula is C15H20N6O2. The van der Waals surface area contributed by atoms with Gasteiger partial charge >= 0.3 is 0 Å². The first-order chi connectivity index (χ1) is 11.0. The molecule has 0 aliphatic heterocycles. The van der Waals surface area contributed by atoms with Crippen LogP contribution in [0.15, 0.2) is 12.3 Å². The molecule has 0 atom stereocenters. The number of rotatable bonds is 5. The molecule has 1 fully saturated rings. The van der Waals surface area contributed by atoms with E-state index in [-0.39, 0.29) is 23.4 Å². The van der Waals surface area contributed by atoms with Crippen molar-refractivity contribution in [1.29, 1.82) is 0 Å². The molecule has 0 radical (unpaired) electrons. The lowest BCUT2D eigenvalue weighted by Crippen LogP contribution is -2.23. The summed E-state index contributed by atoms with van der Waals surface area (Å²) in [6, 6.07) is 1.59. The molecule has 2 amide bonds. The number of hydrogen-bond donors (Lipinski definition) is 2. The van der Waals surface area contributed by atoms with Gasteiger partial charge in [-0.25, -0.2) is 0 Å². The third kappa shape index (κ3) is 3.25. The van der Waals surface area contributed by atoms with E-state index < -0.39 is 0 Å². The number of carbonyl (C=O) groups excluding carboxylic acids is 2. The van der Waals surface area contributed by atoms with Gasteiger partial charge < -0.3 is 10.6 Å². The minimum absolute atomic E-state index is 0.00839. The van der Waals surface area contributed by atoms with Gasteiger partial charge in [-0.1, -0.05) is 0 Å². The molecule has 1 aliphatic rings. The Balaban J connectivity index is 1.63. The highest BCUT2D eigenvalue weighted by Crippen LogP contribution is 2.30. The first kappa shape index (κ1) is 15.3. The lowest BCUT2D eigenvalue weighted by atomic mass is 10.2. The minimum atomic E-state index is -0.282. The van der Waals surface area contributed by atoms with Crippen LogP contribution in [0.5, 0.6) is 0 Å². The average Bonchev–Trinajstić information content (AvgIpc) is 3.25. The van der Waals surface area contributed by atoms with E-state index in [1.54, 1.807) is 24.0 Å². The average molecular weight is 316 g/mol. The summed E-state index contributed by atoms with van der Waals surface area (Å²) in [5, 5.41) is 13.9. The molecular weight excluding hydrogens is 296 g/mol. The molecule has 8 nitrogen and oxygen atoms in total. The second-order valence-electron chi connectivity index (χ2n) is 5.86. The molecule has 1 saturated carbocycles. The quantitative estimate of drug-likeness (QED) is 0.851. The van der Waals surface area contributed by atoms with Crippen LogP contribution in [0.4, 0.5) is 5.82 Å². The molecule has 3 rings (SSSR count). The third-order valence-electron chi connectivity index (χ3n) is 4.09. The predicted molar refractivity (Wildman–Crippen MR) is 83.7 cm³/mol. The highest BCUT2D eigenvalue weighted by atomic mass is 16.2. The van der Waals surface area contributed by atoms with Crippen molar-refractivity contribution in [2.45, 2.75) is 26.3 Å². The van der Waals surface area contributed by atoms with E-state index >= 15 is 0 Å². The summed E-state index contributed by atoms with van der Waals surface area (Å²) in [6.45, 7) is 2.33. The molecule has 8 heteroatoms. The summed E-state index contributed by atoms with van der Waals surface area (Å²) in [7, 11) is 3.55. The summed E-state index contributed by atoms with van der Waals surface area (Å²) in [5.74, 6) is 0.349. The van der Waals surface area contributed by atoms with Crippen molar-refractivity contribution in [2.24, 2.45) is 20.0 Å². The van der Waals surface area contributed by atoms with Crippen molar-refractivity contribution in [3.8, 4) is 0 Å². The van der Waals surface area contributed by atoms with E-state index in [0.29, 0.717) is 12.4 Å². The van der Waals surface area contributed by atoms with Crippen LogP contribution in [0.3, 0.4) is 0 Å². The Labute approximate surface area is 133 Å². The van der Waals surface area contributed by atoms with Gasteiger partial charge in [0.15, 0.2) is 5.69 Å². The number of anilines is 1.